The van der Waals surface area contributed by atoms with Crippen LogP contribution in [0.1, 0.15) is 23.5 Å². The predicted octanol–water partition coefficient (Wildman–Crippen LogP) is 4.06. The Balaban J connectivity index is 1.72. The third-order valence-electron chi connectivity index (χ3n) is 5.20. The number of carbonyl (C=O) groups excluding carboxylic acids is 1. The summed E-state index contributed by atoms with van der Waals surface area (Å²) in [4.78, 5) is 32.9. The summed E-state index contributed by atoms with van der Waals surface area (Å²) in [5, 5.41) is 4.91. The van der Waals surface area contributed by atoms with Gasteiger partial charge in [-0.15, -0.1) is 0 Å². The van der Waals surface area contributed by atoms with E-state index in [1.807, 2.05) is 72.8 Å². The van der Waals surface area contributed by atoms with Gasteiger partial charge in [-0.3, -0.25) is 9.59 Å². The van der Waals surface area contributed by atoms with Crippen LogP contribution in [0.5, 0.6) is 0 Å². The second kappa shape index (κ2) is 6.46. The van der Waals surface area contributed by atoms with E-state index in [1.165, 1.54) is 0 Å². The number of carbonyl (C=O) groups is 1. The monoisotopic (exact) mass is 367 g/mol. The van der Waals surface area contributed by atoms with Gasteiger partial charge in [0, 0.05) is 17.9 Å². The van der Waals surface area contributed by atoms with Crippen molar-refractivity contribution in [2.45, 2.75) is 12.3 Å². The van der Waals surface area contributed by atoms with Gasteiger partial charge >= 0.3 is 0 Å². The van der Waals surface area contributed by atoms with Crippen molar-refractivity contribution in [2.24, 2.45) is 0 Å². The van der Waals surface area contributed by atoms with Crippen LogP contribution in [0.3, 0.4) is 0 Å². The Morgan fingerprint density at radius 2 is 1.61 bits per heavy atom. The molecule has 0 spiro atoms. The van der Waals surface area contributed by atoms with Gasteiger partial charge in [-0.25, -0.2) is 4.98 Å². The Kier molecular flexibility index (Phi) is 3.79. The van der Waals surface area contributed by atoms with Crippen molar-refractivity contribution in [3.8, 4) is 11.4 Å². The molecule has 5 heteroatoms. The van der Waals surface area contributed by atoms with Gasteiger partial charge in [0.15, 0.2) is 0 Å². The Bertz CT molecular complexity index is 1260. The molecular weight excluding hydrogens is 350 g/mol. The van der Waals surface area contributed by atoms with E-state index in [2.05, 4.69) is 15.3 Å². The van der Waals surface area contributed by atoms with Crippen molar-refractivity contribution >= 4 is 22.5 Å². The largest absolute Gasteiger partial charge is 0.310 e. The first-order chi connectivity index (χ1) is 13.7. The van der Waals surface area contributed by atoms with Gasteiger partial charge in [-0.1, -0.05) is 72.8 Å². The Labute approximate surface area is 161 Å². The first-order valence-corrected chi connectivity index (χ1v) is 9.18. The number of rotatable bonds is 2. The third-order valence-corrected chi connectivity index (χ3v) is 5.20. The fourth-order valence-electron chi connectivity index (χ4n) is 3.92. The molecule has 0 aliphatic carbocycles. The molecule has 0 bridgehead atoms. The number of nitrogens with zero attached hydrogens (tertiary/aromatic N) is 1. The topological polar surface area (TPSA) is 74.8 Å². The lowest BCUT2D eigenvalue weighted by molar-refractivity contribution is -0.116. The van der Waals surface area contributed by atoms with E-state index < -0.39 is 0 Å². The zero-order chi connectivity index (χ0) is 19.1. The highest BCUT2D eigenvalue weighted by molar-refractivity contribution is 5.96. The molecule has 3 aromatic carbocycles. The molecule has 1 aliphatic rings. The highest BCUT2D eigenvalue weighted by Gasteiger charge is 2.31. The molecular formula is C23H17N3O2. The molecule has 0 saturated carbocycles. The number of H-pyrrole nitrogens is 1. The molecule has 1 unspecified atom stereocenters. The van der Waals surface area contributed by atoms with Crippen molar-refractivity contribution in [2.75, 3.05) is 5.32 Å². The maximum absolute atomic E-state index is 13.0. The van der Waals surface area contributed by atoms with Crippen LogP contribution in [0.4, 0.5) is 5.82 Å². The first-order valence-electron chi connectivity index (χ1n) is 9.18. The summed E-state index contributed by atoms with van der Waals surface area (Å²) in [7, 11) is 0. The highest BCUT2D eigenvalue weighted by Crippen LogP contribution is 2.37. The number of benzene rings is 3. The van der Waals surface area contributed by atoms with Crippen LogP contribution in [-0.4, -0.2) is 15.9 Å². The summed E-state index contributed by atoms with van der Waals surface area (Å²) in [6.45, 7) is 0. The number of hydrogen-bond acceptors (Lipinski definition) is 3. The number of anilines is 1. The second-order valence-corrected chi connectivity index (χ2v) is 6.92. The Morgan fingerprint density at radius 3 is 2.46 bits per heavy atom. The molecule has 5 nitrogen and oxygen atoms in total. The lowest BCUT2D eigenvalue weighted by Crippen LogP contribution is -2.31. The number of fused-ring (bicyclic) bond motifs is 2. The molecule has 1 aliphatic heterocycles. The standard InChI is InChI=1S/C23H17N3O2/c27-19-13-18(17-12-6-10-14-7-4-5-11-16(14)17)20-22(24-19)25-21(26-23(20)28)15-8-2-1-3-9-15/h1-12,18H,13H2,(H2,24,25,26,27,28). The van der Waals surface area contributed by atoms with Crippen molar-refractivity contribution in [1.82, 2.24) is 9.97 Å². The molecule has 28 heavy (non-hydrogen) atoms. The average Bonchev–Trinajstić information content (AvgIpc) is 2.73. The molecule has 1 atom stereocenters. The van der Waals surface area contributed by atoms with E-state index >= 15 is 0 Å². The summed E-state index contributed by atoms with van der Waals surface area (Å²) in [6.07, 6.45) is 0.219. The average molecular weight is 367 g/mol. The van der Waals surface area contributed by atoms with Crippen molar-refractivity contribution in [3.63, 3.8) is 0 Å². The Morgan fingerprint density at radius 1 is 0.857 bits per heavy atom. The third kappa shape index (κ3) is 2.68. The SMILES string of the molecule is O=C1CC(c2cccc3ccccc23)c2c(nc(-c3ccccc3)[nH]c2=O)N1. The second-order valence-electron chi connectivity index (χ2n) is 6.92. The van der Waals surface area contributed by atoms with Crippen LogP contribution in [0.15, 0.2) is 77.6 Å². The van der Waals surface area contributed by atoms with Gasteiger partial charge in [0.25, 0.3) is 5.56 Å². The van der Waals surface area contributed by atoms with E-state index in [9.17, 15) is 9.59 Å². The summed E-state index contributed by atoms with van der Waals surface area (Å²) in [5.41, 5.74) is 2.05. The molecule has 4 aromatic rings. The summed E-state index contributed by atoms with van der Waals surface area (Å²) < 4.78 is 0. The zero-order valence-corrected chi connectivity index (χ0v) is 15.0. The van der Waals surface area contributed by atoms with E-state index in [0.29, 0.717) is 17.2 Å². The van der Waals surface area contributed by atoms with Crippen LogP contribution in [0.25, 0.3) is 22.2 Å². The van der Waals surface area contributed by atoms with Crippen molar-refractivity contribution < 1.29 is 4.79 Å². The molecule has 1 aromatic heterocycles. The predicted molar refractivity (Wildman–Crippen MR) is 109 cm³/mol. The van der Waals surface area contributed by atoms with E-state index in [4.69, 9.17) is 0 Å². The highest BCUT2D eigenvalue weighted by atomic mass is 16.2. The lowest BCUT2D eigenvalue weighted by atomic mass is 9.84. The normalized spacial score (nSPS) is 15.9. The van der Waals surface area contributed by atoms with Crippen LogP contribution < -0.4 is 10.9 Å². The van der Waals surface area contributed by atoms with Gasteiger partial charge in [-0.05, 0) is 16.3 Å². The molecule has 0 radical (unpaired) electrons. The van der Waals surface area contributed by atoms with Crippen LogP contribution >= 0.6 is 0 Å². The minimum Gasteiger partial charge on any atom is -0.310 e. The Hall–Kier alpha value is -3.73. The molecule has 1 amide bonds. The van der Waals surface area contributed by atoms with Crippen LogP contribution in [0.2, 0.25) is 0 Å². The maximum Gasteiger partial charge on any atom is 0.257 e. The first kappa shape index (κ1) is 16.4. The number of hydrogen-bond donors (Lipinski definition) is 2. The van der Waals surface area contributed by atoms with Crippen molar-refractivity contribution in [1.29, 1.82) is 0 Å². The summed E-state index contributed by atoms with van der Waals surface area (Å²) in [6, 6.07) is 23.4. The van der Waals surface area contributed by atoms with E-state index in [1.54, 1.807) is 0 Å². The van der Waals surface area contributed by atoms with E-state index in [0.717, 1.165) is 21.9 Å². The smallest absolute Gasteiger partial charge is 0.257 e. The van der Waals surface area contributed by atoms with Crippen molar-refractivity contribution in [3.05, 3.63) is 94.3 Å². The quantitative estimate of drug-likeness (QED) is 0.561. The van der Waals surface area contributed by atoms with Crippen LogP contribution in [0, 0.1) is 0 Å². The number of aromatic amines is 1. The molecule has 2 N–H and O–H groups in total. The number of aromatic nitrogens is 2. The fourth-order valence-corrected chi connectivity index (χ4v) is 3.92. The van der Waals surface area contributed by atoms with Gasteiger partial charge in [-0.2, -0.15) is 0 Å². The molecule has 136 valence electrons. The number of nitrogens with one attached hydrogen (secondary N) is 2. The fraction of sp³-hybridized carbons (Fsp3) is 0.0870. The lowest BCUT2D eigenvalue weighted by Gasteiger charge is -2.25. The minimum atomic E-state index is -0.337. The van der Waals surface area contributed by atoms with E-state index in [-0.39, 0.29) is 23.8 Å². The summed E-state index contributed by atoms with van der Waals surface area (Å²) in [5.74, 6) is 0.318. The molecule has 0 fully saturated rings. The molecule has 2 heterocycles. The maximum atomic E-state index is 13.0. The molecule has 5 rings (SSSR count). The van der Waals surface area contributed by atoms with Gasteiger partial charge in [0.05, 0.1) is 5.56 Å². The van der Waals surface area contributed by atoms with Gasteiger partial charge < -0.3 is 10.3 Å². The summed E-state index contributed by atoms with van der Waals surface area (Å²) >= 11 is 0. The number of amides is 1. The molecule has 0 saturated heterocycles. The minimum absolute atomic E-state index is 0.137. The zero-order valence-electron chi connectivity index (χ0n) is 15.0. The van der Waals surface area contributed by atoms with Gasteiger partial charge in [0.2, 0.25) is 5.91 Å². The van der Waals surface area contributed by atoms with Gasteiger partial charge in [0.1, 0.15) is 11.6 Å². The van der Waals surface area contributed by atoms with Crippen LogP contribution in [-0.2, 0) is 4.79 Å².